The molecule has 0 aliphatic heterocycles. The molecule has 1 aromatic carbocycles. The van der Waals surface area contributed by atoms with Gasteiger partial charge in [-0.2, -0.15) is 5.10 Å². The topological polar surface area (TPSA) is 56.5 Å². The van der Waals surface area contributed by atoms with E-state index in [0.29, 0.717) is 22.0 Å². The molecule has 0 saturated heterocycles. The summed E-state index contributed by atoms with van der Waals surface area (Å²) in [6.45, 7) is 1.80. The molecule has 0 amide bonds. The lowest BCUT2D eigenvalue weighted by atomic mass is 10.2. The van der Waals surface area contributed by atoms with Crippen LogP contribution in [0, 0.1) is 6.92 Å². The Morgan fingerprint density at radius 2 is 2.11 bits per heavy atom. The zero-order valence-corrected chi connectivity index (χ0v) is 11.3. The van der Waals surface area contributed by atoms with Crippen molar-refractivity contribution in [1.82, 2.24) is 9.78 Å². The molecule has 0 N–H and O–H groups in total. The SMILES string of the molecule is Cc1nn(C)c(Cl)c1C=NOC(=O)c1ccccc1. The van der Waals surface area contributed by atoms with E-state index in [0.717, 1.165) is 0 Å². The van der Waals surface area contributed by atoms with Crippen LogP contribution in [0.4, 0.5) is 0 Å². The van der Waals surface area contributed by atoms with Gasteiger partial charge in [-0.05, 0) is 19.1 Å². The number of nitrogens with zero attached hydrogens (tertiary/aromatic N) is 3. The van der Waals surface area contributed by atoms with E-state index in [2.05, 4.69) is 10.3 Å². The van der Waals surface area contributed by atoms with Crippen LogP contribution in [0.25, 0.3) is 0 Å². The first-order valence-corrected chi connectivity index (χ1v) is 5.96. The number of oxime groups is 1. The molecule has 0 radical (unpaired) electrons. The number of carbonyl (C=O) groups is 1. The van der Waals surface area contributed by atoms with Gasteiger partial charge in [0.05, 0.1) is 23.0 Å². The highest BCUT2D eigenvalue weighted by atomic mass is 35.5. The largest absolute Gasteiger partial charge is 0.365 e. The third-order valence-corrected chi connectivity index (χ3v) is 2.97. The van der Waals surface area contributed by atoms with Gasteiger partial charge in [-0.1, -0.05) is 35.0 Å². The molecule has 0 spiro atoms. The molecule has 0 fully saturated rings. The molecule has 2 rings (SSSR count). The van der Waals surface area contributed by atoms with Crippen LogP contribution in [-0.2, 0) is 11.9 Å². The molecule has 98 valence electrons. The van der Waals surface area contributed by atoms with Crippen LogP contribution >= 0.6 is 11.6 Å². The minimum absolute atomic E-state index is 0.439. The smallest absolute Gasteiger partial charge is 0.313 e. The predicted octanol–water partition coefficient (Wildman–Crippen LogP) is 2.57. The van der Waals surface area contributed by atoms with Crippen molar-refractivity contribution in [2.45, 2.75) is 6.92 Å². The van der Waals surface area contributed by atoms with Crippen molar-refractivity contribution in [3.8, 4) is 0 Å². The number of halogens is 1. The second-order valence-corrected chi connectivity index (χ2v) is 4.25. The average Bonchev–Trinajstić information content (AvgIpc) is 2.66. The highest BCUT2D eigenvalue weighted by Crippen LogP contribution is 2.16. The minimum Gasteiger partial charge on any atom is -0.313 e. The highest BCUT2D eigenvalue weighted by Gasteiger charge is 2.09. The Morgan fingerprint density at radius 3 is 2.68 bits per heavy atom. The fraction of sp³-hybridized carbons (Fsp3) is 0.154. The predicted molar refractivity (Wildman–Crippen MR) is 72.4 cm³/mol. The molecular weight excluding hydrogens is 266 g/mol. The molecular formula is C13H12ClN3O2. The minimum atomic E-state index is -0.519. The van der Waals surface area contributed by atoms with Gasteiger partial charge < -0.3 is 4.84 Å². The second kappa shape index (κ2) is 5.67. The van der Waals surface area contributed by atoms with Crippen LogP contribution in [0.3, 0.4) is 0 Å². The molecule has 1 aromatic heterocycles. The lowest BCUT2D eigenvalue weighted by Crippen LogP contribution is -2.00. The summed E-state index contributed by atoms with van der Waals surface area (Å²) in [6.07, 6.45) is 1.38. The summed E-state index contributed by atoms with van der Waals surface area (Å²) in [5.74, 6) is -0.519. The number of hydrogen-bond donors (Lipinski definition) is 0. The summed E-state index contributed by atoms with van der Waals surface area (Å²) in [7, 11) is 1.72. The highest BCUT2D eigenvalue weighted by molar-refractivity contribution is 6.32. The van der Waals surface area contributed by atoms with E-state index in [4.69, 9.17) is 16.4 Å². The van der Waals surface area contributed by atoms with Gasteiger partial charge in [-0.15, -0.1) is 0 Å². The van der Waals surface area contributed by atoms with Crippen molar-refractivity contribution in [3.63, 3.8) is 0 Å². The van der Waals surface area contributed by atoms with Crippen LogP contribution in [0.1, 0.15) is 21.6 Å². The van der Waals surface area contributed by atoms with E-state index in [1.165, 1.54) is 10.9 Å². The Bertz CT molecular complexity index is 620. The lowest BCUT2D eigenvalue weighted by Gasteiger charge is -1.96. The van der Waals surface area contributed by atoms with Gasteiger partial charge in [0.2, 0.25) is 0 Å². The van der Waals surface area contributed by atoms with Crippen molar-refractivity contribution in [2.75, 3.05) is 0 Å². The fourth-order valence-electron chi connectivity index (χ4n) is 1.55. The maximum Gasteiger partial charge on any atom is 0.365 e. The van der Waals surface area contributed by atoms with Crippen LogP contribution in [-0.4, -0.2) is 22.0 Å². The van der Waals surface area contributed by atoms with Crippen LogP contribution < -0.4 is 0 Å². The zero-order valence-electron chi connectivity index (χ0n) is 10.5. The number of hydrogen-bond acceptors (Lipinski definition) is 4. The number of aromatic nitrogens is 2. The number of rotatable bonds is 3. The quantitative estimate of drug-likeness (QED) is 0.492. The third kappa shape index (κ3) is 3.00. The number of carbonyl (C=O) groups excluding carboxylic acids is 1. The Labute approximate surface area is 115 Å². The molecule has 0 bridgehead atoms. The van der Waals surface area contributed by atoms with Gasteiger partial charge in [-0.25, -0.2) is 4.79 Å². The standard InChI is InChI=1S/C13H12ClN3O2/c1-9-11(12(14)17(2)16-9)8-15-19-13(18)10-6-4-3-5-7-10/h3-8H,1-2H3. The first-order valence-electron chi connectivity index (χ1n) is 5.58. The Hall–Kier alpha value is -2.14. The molecule has 6 heteroatoms. The van der Waals surface area contributed by atoms with Gasteiger partial charge >= 0.3 is 5.97 Å². The molecule has 0 atom stereocenters. The maximum absolute atomic E-state index is 11.6. The maximum atomic E-state index is 11.6. The summed E-state index contributed by atoms with van der Waals surface area (Å²) >= 11 is 6.02. The summed E-state index contributed by atoms with van der Waals surface area (Å²) in [4.78, 5) is 16.4. The third-order valence-electron chi connectivity index (χ3n) is 2.52. The molecule has 5 nitrogen and oxygen atoms in total. The van der Waals surface area contributed by atoms with Gasteiger partial charge in [0.1, 0.15) is 5.15 Å². The van der Waals surface area contributed by atoms with Crippen molar-refractivity contribution in [2.24, 2.45) is 12.2 Å². The van der Waals surface area contributed by atoms with E-state index in [-0.39, 0.29) is 0 Å². The summed E-state index contributed by atoms with van der Waals surface area (Å²) in [5.41, 5.74) is 1.78. The average molecular weight is 278 g/mol. The van der Waals surface area contributed by atoms with Gasteiger partial charge in [0.15, 0.2) is 0 Å². The van der Waals surface area contributed by atoms with E-state index in [9.17, 15) is 4.79 Å². The Balaban J connectivity index is 2.07. The summed E-state index contributed by atoms with van der Waals surface area (Å²) < 4.78 is 1.53. The van der Waals surface area contributed by atoms with Gasteiger partial charge in [0.25, 0.3) is 0 Å². The van der Waals surface area contributed by atoms with Crippen LogP contribution in [0.5, 0.6) is 0 Å². The zero-order chi connectivity index (χ0) is 13.8. The van der Waals surface area contributed by atoms with E-state index >= 15 is 0 Å². The number of aryl methyl sites for hydroxylation is 2. The Morgan fingerprint density at radius 1 is 1.42 bits per heavy atom. The van der Waals surface area contributed by atoms with E-state index in [1.807, 2.05) is 6.07 Å². The molecule has 0 aliphatic rings. The van der Waals surface area contributed by atoms with Crippen molar-refractivity contribution >= 4 is 23.8 Å². The van der Waals surface area contributed by atoms with Crippen molar-refractivity contribution < 1.29 is 9.63 Å². The number of benzene rings is 1. The monoisotopic (exact) mass is 277 g/mol. The molecule has 0 aliphatic carbocycles. The van der Waals surface area contributed by atoms with E-state index < -0.39 is 5.97 Å². The molecule has 0 saturated carbocycles. The second-order valence-electron chi connectivity index (χ2n) is 3.89. The molecule has 19 heavy (non-hydrogen) atoms. The molecule has 2 aromatic rings. The van der Waals surface area contributed by atoms with Crippen molar-refractivity contribution in [1.29, 1.82) is 0 Å². The van der Waals surface area contributed by atoms with Gasteiger partial charge in [0, 0.05) is 7.05 Å². The van der Waals surface area contributed by atoms with Gasteiger partial charge in [-0.3, -0.25) is 4.68 Å². The molecule has 1 heterocycles. The first-order chi connectivity index (χ1) is 9.09. The summed E-state index contributed by atoms with van der Waals surface area (Å²) in [6, 6.07) is 8.63. The Kier molecular flexibility index (Phi) is 3.97. The lowest BCUT2D eigenvalue weighted by molar-refractivity contribution is 0.0519. The first kappa shape index (κ1) is 13.3. The van der Waals surface area contributed by atoms with Crippen LogP contribution in [0.15, 0.2) is 35.5 Å². The van der Waals surface area contributed by atoms with E-state index in [1.54, 1.807) is 38.2 Å². The van der Waals surface area contributed by atoms with Crippen molar-refractivity contribution in [3.05, 3.63) is 52.3 Å². The fourth-order valence-corrected chi connectivity index (χ4v) is 1.77. The summed E-state index contributed by atoms with van der Waals surface area (Å²) in [5, 5.41) is 8.20. The normalized spacial score (nSPS) is 10.9. The van der Waals surface area contributed by atoms with Crippen LogP contribution in [0.2, 0.25) is 5.15 Å². The molecule has 0 unspecified atom stereocenters.